The maximum atomic E-state index is 11.7. The summed E-state index contributed by atoms with van der Waals surface area (Å²) >= 11 is 0. The van der Waals surface area contributed by atoms with Crippen LogP contribution in [0.2, 0.25) is 0 Å². The van der Waals surface area contributed by atoms with Crippen molar-refractivity contribution in [2.24, 2.45) is 0 Å². The van der Waals surface area contributed by atoms with E-state index in [-0.39, 0.29) is 18.6 Å². The van der Waals surface area contributed by atoms with Gasteiger partial charge in [0.05, 0.1) is 12.7 Å². The maximum absolute atomic E-state index is 11.7. The number of nitrogens with one attached hydrogen (secondary N) is 1. The maximum Gasteiger partial charge on any atom is 0.246 e. The fourth-order valence-electron chi connectivity index (χ4n) is 2.67. The summed E-state index contributed by atoms with van der Waals surface area (Å²) in [7, 11) is 0. The second-order valence-corrected chi connectivity index (χ2v) is 5.75. The van der Waals surface area contributed by atoms with E-state index >= 15 is 0 Å². The Morgan fingerprint density at radius 1 is 1.33 bits per heavy atom. The van der Waals surface area contributed by atoms with Gasteiger partial charge < -0.3 is 14.8 Å². The summed E-state index contributed by atoms with van der Waals surface area (Å²) in [5.74, 6) is -0.0580. The molecular formula is C17H25NO3. The van der Waals surface area contributed by atoms with Crippen molar-refractivity contribution in [2.45, 2.75) is 39.2 Å². The minimum absolute atomic E-state index is 0.0580. The predicted molar refractivity (Wildman–Crippen MR) is 82.4 cm³/mol. The van der Waals surface area contributed by atoms with Crippen LogP contribution in [-0.4, -0.2) is 38.4 Å². The molecule has 0 saturated carbocycles. The molecule has 1 heterocycles. The topological polar surface area (TPSA) is 47.6 Å². The molecule has 1 aromatic carbocycles. The highest BCUT2D eigenvalue weighted by Gasteiger charge is 2.15. The lowest BCUT2D eigenvalue weighted by Gasteiger charge is -2.10. The van der Waals surface area contributed by atoms with Gasteiger partial charge in [0.15, 0.2) is 0 Å². The van der Waals surface area contributed by atoms with Crippen LogP contribution in [0.4, 0.5) is 0 Å². The zero-order valence-corrected chi connectivity index (χ0v) is 13.0. The second kappa shape index (κ2) is 8.15. The lowest BCUT2D eigenvalue weighted by molar-refractivity contribution is -0.126. The Bertz CT molecular complexity index is 447. The summed E-state index contributed by atoms with van der Waals surface area (Å²) in [6, 6.07) is 6.47. The van der Waals surface area contributed by atoms with Crippen LogP contribution in [-0.2, 0) is 20.7 Å². The van der Waals surface area contributed by atoms with Crippen LogP contribution in [0.25, 0.3) is 0 Å². The van der Waals surface area contributed by atoms with Crippen molar-refractivity contribution < 1.29 is 14.3 Å². The minimum atomic E-state index is -0.0580. The molecule has 4 heteroatoms. The molecule has 0 aliphatic carbocycles. The highest BCUT2D eigenvalue weighted by atomic mass is 16.5. The number of benzene rings is 1. The number of rotatable bonds is 7. The number of carbonyl (C=O) groups is 1. The molecule has 4 nitrogen and oxygen atoms in total. The number of hydrogen-bond acceptors (Lipinski definition) is 3. The zero-order chi connectivity index (χ0) is 15.1. The number of carbonyl (C=O) groups excluding carboxylic acids is 1. The first kappa shape index (κ1) is 16.0. The molecule has 1 amide bonds. The van der Waals surface area contributed by atoms with Gasteiger partial charge in [-0.1, -0.05) is 29.3 Å². The molecule has 1 fully saturated rings. The van der Waals surface area contributed by atoms with E-state index in [4.69, 9.17) is 9.47 Å². The first-order valence-electron chi connectivity index (χ1n) is 7.67. The summed E-state index contributed by atoms with van der Waals surface area (Å²) in [6.07, 6.45) is 3.15. The van der Waals surface area contributed by atoms with E-state index in [1.807, 2.05) is 0 Å². The van der Waals surface area contributed by atoms with E-state index in [1.54, 1.807) is 0 Å². The van der Waals surface area contributed by atoms with Gasteiger partial charge in [0.2, 0.25) is 5.91 Å². The Balaban J connectivity index is 1.60. The van der Waals surface area contributed by atoms with Crippen molar-refractivity contribution in [1.29, 1.82) is 0 Å². The molecule has 21 heavy (non-hydrogen) atoms. The summed E-state index contributed by atoms with van der Waals surface area (Å²) < 4.78 is 10.8. The molecule has 0 radical (unpaired) electrons. The normalized spacial score (nSPS) is 17.9. The Hall–Kier alpha value is -1.39. The monoisotopic (exact) mass is 291 g/mol. The van der Waals surface area contributed by atoms with Crippen molar-refractivity contribution >= 4 is 5.91 Å². The van der Waals surface area contributed by atoms with Crippen LogP contribution in [0.5, 0.6) is 0 Å². The summed E-state index contributed by atoms with van der Waals surface area (Å²) in [5, 5.41) is 2.89. The fourth-order valence-corrected chi connectivity index (χ4v) is 2.67. The number of amides is 1. The molecule has 1 N–H and O–H groups in total. The van der Waals surface area contributed by atoms with Crippen LogP contribution >= 0.6 is 0 Å². The van der Waals surface area contributed by atoms with Gasteiger partial charge in [0.1, 0.15) is 6.61 Å². The number of ether oxygens (including phenoxy) is 2. The third kappa shape index (κ3) is 5.86. The van der Waals surface area contributed by atoms with Gasteiger partial charge in [-0.05, 0) is 38.7 Å². The first-order valence-corrected chi connectivity index (χ1v) is 7.67. The fraction of sp³-hybridized carbons (Fsp3) is 0.588. The quantitative estimate of drug-likeness (QED) is 0.837. The van der Waals surface area contributed by atoms with Gasteiger partial charge >= 0.3 is 0 Å². The van der Waals surface area contributed by atoms with E-state index < -0.39 is 0 Å². The molecule has 1 aromatic rings. The lowest BCUT2D eigenvalue weighted by atomic mass is 10.1. The van der Waals surface area contributed by atoms with E-state index in [0.717, 1.165) is 25.9 Å². The lowest BCUT2D eigenvalue weighted by Crippen LogP contribution is -2.30. The average Bonchev–Trinajstić information content (AvgIpc) is 2.91. The van der Waals surface area contributed by atoms with E-state index in [2.05, 4.69) is 37.4 Å². The molecule has 0 spiro atoms. The predicted octanol–water partition coefficient (Wildman–Crippen LogP) is 2.16. The Kier molecular flexibility index (Phi) is 6.21. The van der Waals surface area contributed by atoms with Gasteiger partial charge in [-0.3, -0.25) is 4.79 Å². The van der Waals surface area contributed by atoms with E-state index in [1.165, 1.54) is 16.7 Å². The van der Waals surface area contributed by atoms with Gasteiger partial charge in [0, 0.05) is 13.2 Å². The van der Waals surface area contributed by atoms with E-state index in [0.29, 0.717) is 13.2 Å². The smallest absolute Gasteiger partial charge is 0.246 e. The summed E-state index contributed by atoms with van der Waals surface area (Å²) in [5.41, 5.74) is 3.78. The molecule has 1 aliphatic rings. The van der Waals surface area contributed by atoms with Crippen LogP contribution in [0.15, 0.2) is 18.2 Å². The zero-order valence-electron chi connectivity index (χ0n) is 13.0. The summed E-state index contributed by atoms with van der Waals surface area (Å²) in [6.45, 7) is 6.28. The van der Waals surface area contributed by atoms with Crippen LogP contribution in [0.3, 0.4) is 0 Å². The van der Waals surface area contributed by atoms with E-state index in [9.17, 15) is 4.79 Å². The molecule has 0 aromatic heterocycles. The second-order valence-electron chi connectivity index (χ2n) is 5.75. The van der Waals surface area contributed by atoms with Crippen molar-refractivity contribution in [2.75, 3.05) is 26.4 Å². The highest BCUT2D eigenvalue weighted by molar-refractivity contribution is 5.77. The van der Waals surface area contributed by atoms with Gasteiger partial charge in [-0.25, -0.2) is 0 Å². The standard InChI is InChI=1S/C17H25NO3/c1-13-8-14(2)10-15(9-13)5-6-18-17(19)12-20-11-16-4-3-7-21-16/h8-10,16H,3-7,11-12H2,1-2H3,(H,18,19)/t16-/m0/s1. The number of aryl methyl sites for hydroxylation is 2. The molecule has 116 valence electrons. The van der Waals surface area contributed by atoms with Gasteiger partial charge in [0.25, 0.3) is 0 Å². The van der Waals surface area contributed by atoms with Gasteiger partial charge in [-0.2, -0.15) is 0 Å². The minimum Gasteiger partial charge on any atom is -0.376 e. The van der Waals surface area contributed by atoms with Crippen LogP contribution in [0.1, 0.15) is 29.5 Å². The molecule has 1 aliphatic heterocycles. The van der Waals surface area contributed by atoms with Crippen LogP contribution in [0, 0.1) is 13.8 Å². The van der Waals surface area contributed by atoms with Crippen molar-refractivity contribution in [3.05, 3.63) is 34.9 Å². The molecular weight excluding hydrogens is 266 g/mol. The van der Waals surface area contributed by atoms with Gasteiger partial charge in [-0.15, -0.1) is 0 Å². The Morgan fingerprint density at radius 3 is 2.76 bits per heavy atom. The largest absolute Gasteiger partial charge is 0.376 e. The molecule has 2 rings (SSSR count). The average molecular weight is 291 g/mol. The third-order valence-electron chi connectivity index (χ3n) is 3.58. The molecule has 1 atom stereocenters. The number of hydrogen-bond donors (Lipinski definition) is 1. The molecule has 0 bridgehead atoms. The third-order valence-corrected chi connectivity index (χ3v) is 3.58. The SMILES string of the molecule is Cc1cc(C)cc(CCNC(=O)COC[C@@H]2CCCO2)c1. The first-order chi connectivity index (χ1) is 10.1. The van der Waals surface area contributed by atoms with Crippen molar-refractivity contribution in [3.63, 3.8) is 0 Å². The highest BCUT2D eigenvalue weighted by Crippen LogP contribution is 2.11. The Morgan fingerprint density at radius 2 is 2.10 bits per heavy atom. The van der Waals surface area contributed by atoms with Crippen LogP contribution < -0.4 is 5.32 Å². The Labute approximate surface area is 126 Å². The van der Waals surface area contributed by atoms with Crippen molar-refractivity contribution in [3.8, 4) is 0 Å². The molecule has 0 unspecified atom stereocenters. The summed E-state index contributed by atoms with van der Waals surface area (Å²) in [4.78, 5) is 11.7. The molecule has 1 saturated heterocycles. The van der Waals surface area contributed by atoms with Crippen molar-refractivity contribution in [1.82, 2.24) is 5.32 Å².